The maximum Gasteiger partial charge on any atom is 0.277 e. The van der Waals surface area contributed by atoms with Crippen LogP contribution in [0.1, 0.15) is 5.76 Å². The maximum atomic E-state index is 12.2. The van der Waals surface area contributed by atoms with Crippen LogP contribution in [0.4, 0.5) is 0 Å². The molecule has 26 heavy (non-hydrogen) atoms. The normalized spacial score (nSPS) is 14.5. The van der Waals surface area contributed by atoms with Crippen molar-refractivity contribution in [3.05, 3.63) is 18.1 Å². The van der Waals surface area contributed by atoms with Crippen LogP contribution in [-0.4, -0.2) is 77.5 Å². The number of ether oxygens (including phenoxy) is 1. The van der Waals surface area contributed by atoms with Crippen molar-refractivity contribution >= 4 is 23.6 Å². The van der Waals surface area contributed by atoms with E-state index in [0.29, 0.717) is 43.2 Å². The second-order valence-electron chi connectivity index (χ2n) is 5.80. The fourth-order valence-corrected chi connectivity index (χ4v) is 3.13. The number of thioether (sulfide) groups is 1. The summed E-state index contributed by atoms with van der Waals surface area (Å²) >= 11 is 1.14. The molecule has 1 fully saturated rings. The van der Waals surface area contributed by atoms with Crippen LogP contribution in [0.3, 0.4) is 0 Å². The number of likely N-dealkylation sites (N-methyl/N-ethyl adjacent to an activating group) is 1. The first-order valence-electron chi connectivity index (χ1n) is 8.15. The molecule has 0 saturated carbocycles. The van der Waals surface area contributed by atoms with Gasteiger partial charge >= 0.3 is 0 Å². The van der Waals surface area contributed by atoms with E-state index in [2.05, 4.69) is 10.2 Å². The largest absolute Gasteiger partial charge is 0.469 e. The third kappa shape index (κ3) is 4.44. The molecule has 0 aromatic carbocycles. The predicted octanol–water partition coefficient (Wildman–Crippen LogP) is 1.05. The molecule has 0 N–H and O–H groups in total. The van der Waals surface area contributed by atoms with Gasteiger partial charge in [-0.25, -0.2) is 0 Å². The van der Waals surface area contributed by atoms with Gasteiger partial charge in [0.15, 0.2) is 0 Å². The lowest BCUT2D eigenvalue weighted by Gasteiger charge is -2.28. The van der Waals surface area contributed by atoms with Crippen LogP contribution in [0, 0.1) is 6.92 Å². The number of hydrogen-bond acceptors (Lipinski definition) is 8. The quantitative estimate of drug-likeness (QED) is 0.685. The molecule has 9 nitrogen and oxygen atoms in total. The van der Waals surface area contributed by atoms with E-state index in [1.54, 1.807) is 31.2 Å². The number of morpholine rings is 1. The summed E-state index contributed by atoms with van der Waals surface area (Å²) in [4.78, 5) is 27.5. The average molecular weight is 380 g/mol. The molecule has 3 heterocycles. The summed E-state index contributed by atoms with van der Waals surface area (Å²) in [6, 6.07) is 1.74. The van der Waals surface area contributed by atoms with Gasteiger partial charge in [0.25, 0.3) is 11.1 Å². The maximum absolute atomic E-state index is 12.2. The zero-order chi connectivity index (χ0) is 18.5. The molecule has 2 amide bonds. The van der Waals surface area contributed by atoms with Crippen LogP contribution in [-0.2, 0) is 14.3 Å². The van der Waals surface area contributed by atoms with E-state index in [9.17, 15) is 9.59 Å². The first kappa shape index (κ1) is 18.5. The summed E-state index contributed by atoms with van der Waals surface area (Å²) in [6.45, 7) is 4.05. The summed E-state index contributed by atoms with van der Waals surface area (Å²) in [5, 5.41) is 8.17. The van der Waals surface area contributed by atoms with Gasteiger partial charge in [-0.1, -0.05) is 11.8 Å². The Hall–Kier alpha value is -2.33. The van der Waals surface area contributed by atoms with E-state index >= 15 is 0 Å². The molecule has 0 aliphatic carbocycles. The van der Waals surface area contributed by atoms with Crippen molar-refractivity contribution < 1.29 is 23.2 Å². The fourth-order valence-electron chi connectivity index (χ4n) is 2.42. The van der Waals surface area contributed by atoms with Gasteiger partial charge in [-0.2, -0.15) is 0 Å². The van der Waals surface area contributed by atoms with Crippen molar-refractivity contribution in [2.24, 2.45) is 0 Å². The molecule has 0 radical (unpaired) electrons. The van der Waals surface area contributed by atoms with Crippen molar-refractivity contribution in [2.75, 3.05) is 45.6 Å². The molecule has 1 aliphatic rings. The minimum atomic E-state index is -0.184. The van der Waals surface area contributed by atoms with Gasteiger partial charge in [-0.05, 0) is 13.0 Å². The number of nitrogens with zero attached hydrogens (tertiary/aromatic N) is 4. The zero-order valence-corrected chi connectivity index (χ0v) is 15.5. The first-order chi connectivity index (χ1) is 12.5. The van der Waals surface area contributed by atoms with Crippen LogP contribution < -0.4 is 0 Å². The lowest BCUT2D eigenvalue weighted by atomic mass is 10.3. The number of rotatable bonds is 6. The monoisotopic (exact) mass is 380 g/mol. The lowest BCUT2D eigenvalue weighted by Crippen LogP contribution is -2.46. The van der Waals surface area contributed by atoms with E-state index < -0.39 is 0 Å². The van der Waals surface area contributed by atoms with E-state index in [4.69, 9.17) is 13.6 Å². The molecular weight excluding hydrogens is 360 g/mol. The highest BCUT2D eigenvalue weighted by molar-refractivity contribution is 7.99. The van der Waals surface area contributed by atoms with E-state index in [1.165, 1.54) is 4.90 Å². The third-order valence-electron chi connectivity index (χ3n) is 3.98. The number of carbonyl (C=O) groups is 2. The Morgan fingerprint density at radius 2 is 2.08 bits per heavy atom. The molecule has 10 heteroatoms. The Balaban J connectivity index is 1.48. The van der Waals surface area contributed by atoms with Crippen LogP contribution in [0.15, 0.2) is 26.4 Å². The second-order valence-corrected chi connectivity index (χ2v) is 6.72. The highest BCUT2D eigenvalue weighted by Gasteiger charge is 2.21. The van der Waals surface area contributed by atoms with Crippen molar-refractivity contribution in [3.8, 4) is 11.5 Å². The van der Waals surface area contributed by atoms with E-state index in [1.807, 2.05) is 0 Å². The molecule has 140 valence electrons. The summed E-state index contributed by atoms with van der Waals surface area (Å²) in [5.74, 6) is 0.879. The lowest BCUT2D eigenvalue weighted by molar-refractivity contribution is -0.140. The topological polar surface area (TPSA) is 102 Å². The smallest absolute Gasteiger partial charge is 0.277 e. The van der Waals surface area contributed by atoms with Crippen LogP contribution in [0.5, 0.6) is 0 Å². The van der Waals surface area contributed by atoms with Gasteiger partial charge in [0, 0.05) is 20.1 Å². The number of aromatic nitrogens is 2. The van der Waals surface area contributed by atoms with Gasteiger partial charge in [-0.15, -0.1) is 10.2 Å². The van der Waals surface area contributed by atoms with Gasteiger partial charge in [0.05, 0.1) is 37.3 Å². The summed E-state index contributed by atoms with van der Waals surface area (Å²) < 4.78 is 16.0. The first-order valence-corrected chi connectivity index (χ1v) is 9.13. The molecule has 0 bridgehead atoms. The highest BCUT2D eigenvalue weighted by Crippen LogP contribution is 2.26. The standard InChI is InChI=1S/C16H20N4O5S/c1-11-12(3-6-24-11)15-17-18-16(25-15)26-10-14(22)19(2)9-13(21)20-4-7-23-8-5-20/h3,6H,4-5,7-10H2,1-2H3. The predicted molar refractivity (Wildman–Crippen MR) is 92.5 cm³/mol. The molecule has 0 atom stereocenters. The Bertz CT molecular complexity index is 768. The van der Waals surface area contributed by atoms with E-state index in [0.717, 1.165) is 17.3 Å². The fraction of sp³-hybridized carbons (Fsp3) is 0.500. The van der Waals surface area contributed by atoms with Crippen molar-refractivity contribution in [1.29, 1.82) is 0 Å². The molecule has 2 aromatic heterocycles. The van der Waals surface area contributed by atoms with Crippen molar-refractivity contribution in [1.82, 2.24) is 20.0 Å². The van der Waals surface area contributed by atoms with Crippen molar-refractivity contribution in [2.45, 2.75) is 12.1 Å². The van der Waals surface area contributed by atoms with Crippen LogP contribution >= 0.6 is 11.8 Å². The average Bonchev–Trinajstić information content (AvgIpc) is 3.28. The molecule has 1 aliphatic heterocycles. The number of amides is 2. The zero-order valence-electron chi connectivity index (χ0n) is 14.6. The SMILES string of the molecule is Cc1occc1-c1nnc(SCC(=O)N(C)CC(=O)N2CCOCC2)o1. The molecular formula is C16H20N4O5S. The summed E-state index contributed by atoms with van der Waals surface area (Å²) in [6.07, 6.45) is 1.55. The summed E-state index contributed by atoms with van der Waals surface area (Å²) in [7, 11) is 1.61. The Morgan fingerprint density at radius 1 is 1.31 bits per heavy atom. The highest BCUT2D eigenvalue weighted by atomic mass is 32.2. The van der Waals surface area contributed by atoms with Gasteiger partial charge in [0.2, 0.25) is 11.8 Å². The minimum Gasteiger partial charge on any atom is -0.469 e. The number of furan rings is 1. The minimum absolute atomic E-state index is 0.0443. The molecule has 1 saturated heterocycles. The molecule has 0 spiro atoms. The number of hydrogen-bond donors (Lipinski definition) is 0. The molecule has 3 rings (SSSR count). The molecule has 0 unspecified atom stereocenters. The van der Waals surface area contributed by atoms with Crippen molar-refractivity contribution in [3.63, 3.8) is 0 Å². The van der Waals surface area contributed by atoms with Gasteiger partial charge < -0.3 is 23.4 Å². The van der Waals surface area contributed by atoms with Gasteiger partial charge in [0.1, 0.15) is 5.76 Å². The second kappa shape index (κ2) is 8.37. The van der Waals surface area contributed by atoms with E-state index in [-0.39, 0.29) is 24.1 Å². The number of aryl methyl sites for hydroxylation is 1. The Labute approximate surface area is 154 Å². The van der Waals surface area contributed by atoms with Gasteiger partial charge in [-0.3, -0.25) is 9.59 Å². The number of carbonyl (C=O) groups excluding carboxylic acids is 2. The Morgan fingerprint density at radius 3 is 2.77 bits per heavy atom. The third-order valence-corrected chi connectivity index (χ3v) is 4.78. The van der Waals surface area contributed by atoms with Crippen LogP contribution in [0.2, 0.25) is 0 Å². The molecule has 2 aromatic rings. The summed E-state index contributed by atoms with van der Waals surface area (Å²) in [5.41, 5.74) is 0.726. The van der Waals surface area contributed by atoms with Crippen LogP contribution in [0.25, 0.3) is 11.5 Å². The Kier molecular flexibility index (Phi) is 5.94.